The number of hydrogen-bond donors (Lipinski definition) is 3. The van der Waals surface area contributed by atoms with Gasteiger partial charge in [-0.3, -0.25) is 4.79 Å². The van der Waals surface area contributed by atoms with E-state index in [0.717, 1.165) is 10.0 Å². The average molecular weight is 336 g/mol. The van der Waals surface area contributed by atoms with Crippen molar-refractivity contribution in [3.63, 3.8) is 0 Å². The smallest absolute Gasteiger partial charge is 0.259 e. The van der Waals surface area contributed by atoms with E-state index in [0.29, 0.717) is 12.1 Å². The highest BCUT2D eigenvalue weighted by molar-refractivity contribution is 9.10. The van der Waals surface area contributed by atoms with Gasteiger partial charge in [-0.1, -0.05) is 28.1 Å². The minimum atomic E-state index is -0.376. The van der Waals surface area contributed by atoms with Crippen LogP contribution < -0.4 is 5.32 Å². The Bertz CT molecular complexity index is 611. The minimum Gasteiger partial charge on any atom is -0.507 e. The summed E-state index contributed by atoms with van der Waals surface area (Å²) in [5.41, 5.74) is 1.84. The van der Waals surface area contributed by atoms with Crippen LogP contribution in [0.3, 0.4) is 0 Å². The first-order valence-electron chi connectivity index (χ1n) is 6.10. The van der Waals surface area contributed by atoms with Gasteiger partial charge in [0, 0.05) is 16.8 Å². The summed E-state index contributed by atoms with van der Waals surface area (Å²) in [6.45, 7) is 0.0949. The lowest BCUT2D eigenvalue weighted by Gasteiger charge is -2.08. The number of amides is 1. The second-order valence-corrected chi connectivity index (χ2v) is 5.20. The SMILES string of the molecule is O=C(Nc1ccc(CCO)cc1)c1cc(Br)ccc1O. The molecule has 0 radical (unpaired) electrons. The fourth-order valence-corrected chi connectivity index (χ4v) is 2.13. The van der Waals surface area contributed by atoms with Crippen molar-refractivity contribution in [1.29, 1.82) is 0 Å². The van der Waals surface area contributed by atoms with Gasteiger partial charge >= 0.3 is 0 Å². The minimum absolute atomic E-state index is 0.0670. The lowest BCUT2D eigenvalue weighted by molar-refractivity contribution is 0.102. The molecule has 20 heavy (non-hydrogen) atoms. The number of carbonyl (C=O) groups is 1. The fourth-order valence-electron chi connectivity index (χ4n) is 1.77. The maximum atomic E-state index is 12.1. The van der Waals surface area contributed by atoms with E-state index in [1.165, 1.54) is 6.07 Å². The molecule has 104 valence electrons. The van der Waals surface area contributed by atoms with Gasteiger partial charge < -0.3 is 15.5 Å². The molecule has 0 atom stereocenters. The third kappa shape index (κ3) is 3.59. The van der Waals surface area contributed by atoms with E-state index >= 15 is 0 Å². The zero-order chi connectivity index (χ0) is 14.5. The number of nitrogens with one attached hydrogen (secondary N) is 1. The van der Waals surface area contributed by atoms with Crippen molar-refractivity contribution in [2.24, 2.45) is 0 Å². The number of hydrogen-bond acceptors (Lipinski definition) is 3. The molecule has 3 N–H and O–H groups in total. The van der Waals surface area contributed by atoms with Crippen LogP contribution in [0.15, 0.2) is 46.9 Å². The molecule has 4 nitrogen and oxygen atoms in total. The molecule has 0 heterocycles. The second-order valence-electron chi connectivity index (χ2n) is 4.29. The van der Waals surface area contributed by atoms with E-state index in [2.05, 4.69) is 21.2 Å². The molecule has 0 aliphatic rings. The third-order valence-corrected chi connectivity index (χ3v) is 3.31. The summed E-state index contributed by atoms with van der Waals surface area (Å²) in [5.74, 6) is -0.443. The molecular weight excluding hydrogens is 322 g/mol. The summed E-state index contributed by atoms with van der Waals surface area (Å²) in [7, 11) is 0. The molecule has 0 bridgehead atoms. The largest absolute Gasteiger partial charge is 0.507 e. The van der Waals surface area contributed by atoms with Gasteiger partial charge in [-0.15, -0.1) is 0 Å². The molecule has 2 rings (SSSR count). The van der Waals surface area contributed by atoms with Gasteiger partial charge in [-0.2, -0.15) is 0 Å². The van der Waals surface area contributed by atoms with Crippen molar-refractivity contribution in [3.05, 3.63) is 58.1 Å². The van der Waals surface area contributed by atoms with E-state index in [4.69, 9.17) is 5.11 Å². The molecule has 2 aromatic rings. The summed E-state index contributed by atoms with van der Waals surface area (Å²) in [6, 6.07) is 11.9. The number of aromatic hydroxyl groups is 1. The zero-order valence-electron chi connectivity index (χ0n) is 10.6. The molecule has 0 aromatic heterocycles. The number of phenols is 1. The van der Waals surface area contributed by atoms with E-state index in [1.807, 2.05) is 12.1 Å². The van der Waals surface area contributed by atoms with E-state index in [9.17, 15) is 9.90 Å². The Labute approximate surface area is 125 Å². The number of carbonyl (C=O) groups excluding carboxylic acids is 1. The van der Waals surface area contributed by atoms with Crippen molar-refractivity contribution >= 4 is 27.5 Å². The topological polar surface area (TPSA) is 69.6 Å². The number of aliphatic hydroxyl groups is 1. The highest BCUT2D eigenvalue weighted by Gasteiger charge is 2.11. The van der Waals surface area contributed by atoms with Crippen LogP contribution in [0.4, 0.5) is 5.69 Å². The number of halogens is 1. The molecule has 5 heteroatoms. The van der Waals surface area contributed by atoms with Crippen LogP contribution >= 0.6 is 15.9 Å². The summed E-state index contributed by atoms with van der Waals surface area (Å²) in [5, 5.41) is 21.2. The third-order valence-electron chi connectivity index (χ3n) is 2.82. The highest BCUT2D eigenvalue weighted by Crippen LogP contribution is 2.23. The van der Waals surface area contributed by atoms with Crippen LogP contribution in [0, 0.1) is 0 Å². The van der Waals surface area contributed by atoms with Gasteiger partial charge in [0.05, 0.1) is 5.56 Å². The molecule has 2 aromatic carbocycles. The Morgan fingerprint density at radius 2 is 1.85 bits per heavy atom. The quantitative estimate of drug-likeness (QED) is 0.804. The van der Waals surface area contributed by atoms with Crippen LogP contribution in [0.2, 0.25) is 0 Å². The molecule has 0 saturated carbocycles. The predicted molar refractivity (Wildman–Crippen MR) is 81.0 cm³/mol. The number of rotatable bonds is 4. The lowest BCUT2D eigenvalue weighted by atomic mass is 10.1. The molecule has 0 saturated heterocycles. The number of anilines is 1. The Morgan fingerprint density at radius 1 is 1.15 bits per heavy atom. The molecule has 0 fully saturated rings. The van der Waals surface area contributed by atoms with Crippen LogP contribution in [-0.4, -0.2) is 22.7 Å². The van der Waals surface area contributed by atoms with E-state index < -0.39 is 0 Å². The fraction of sp³-hybridized carbons (Fsp3) is 0.133. The van der Waals surface area contributed by atoms with Crippen LogP contribution in [0.25, 0.3) is 0 Å². The maximum Gasteiger partial charge on any atom is 0.259 e. The first kappa shape index (κ1) is 14.6. The van der Waals surface area contributed by atoms with Crippen LogP contribution in [0.5, 0.6) is 5.75 Å². The van der Waals surface area contributed by atoms with Gasteiger partial charge in [0.2, 0.25) is 0 Å². The number of benzene rings is 2. The van der Waals surface area contributed by atoms with Crippen molar-refractivity contribution in [2.75, 3.05) is 11.9 Å². The maximum absolute atomic E-state index is 12.1. The van der Waals surface area contributed by atoms with Gasteiger partial charge in [-0.25, -0.2) is 0 Å². The monoisotopic (exact) mass is 335 g/mol. The summed E-state index contributed by atoms with van der Waals surface area (Å²) < 4.78 is 0.721. The van der Waals surface area contributed by atoms with Crippen molar-refractivity contribution in [2.45, 2.75) is 6.42 Å². The summed E-state index contributed by atoms with van der Waals surface area (Å²) >= 11 is 3.26. The first-order chi connectivity index (χ1) is 9.60. The number of phenolic OH excluding ortho intramolecular Hbond substituents is 1. The van der Waals surface area contributed by atoms with Crippen molar-refractivity contribution < 1.29 is 15.0 Å². The summed E-state index contributed by atoms with van der Waals surface area (Å²) in [4.78, 5) is 12.1. The lowest BCUT2D eigenvalue weighted by Crippen LogP contribution is -2.12. The predicted octanol–water partition coefficient (Wildman–Crippen LogP) is 2.94. The molecule has 0 aliphatic carbocycles. The Kier molecular flexibility index (Phi) is 4.76. The molecule has 0 aliphatic heterocycles. The van der Waals surface area contributed by atoms with E-state index in [1.54, 1.807) is 24.3 Å². The number of aliphatic hydroxyl groups excluding tert-OH is 1. The van der Waals surface area contributed by atoms with E-state index in [-0.39, 0.29) is 23.8 Å². The van der Waals surface area contributed by atoms with Crippen molar-refractivity contribution in [1.82, 2.24) is 0 Å². The summed E-state index contributed by atoms with van der Waals surface area (Å²) in [6.07, 6.45) is 0.584. The molecule has 0 unspecified atom stereocenters. The zero-order valence-corrected chi connectivity index (χ0v) is 12.2. The Morgan fingerprint density at radius 3 is 2.50 bits per heavy atom. The normalized spacial score (nSPS) is 10.3. The highest BCUT2D eigenvalue weighted by atomic mass is 79.9. The van der Waals surface area contributed by atoms with Gasteiger partial charge in [-0.05, 0) is 42.3 Å². The molecule has 1 amide bonds. The van der Waals surface area contributed by atoms with Gasteiger partial charge in [0.1, 0.15) is 5.75 Å². The Hall–Kier alpha value is -1.85. The van der Waals surface area contributed by atoms with Crippen LogP contribution in [0.1, 0.15) is 15.9 Å². The standard InChI is InChI=1S/C15H14BrNO3/c16-11-3-6-14(19)13(9-11)15(20)17-12-4-1-10(2-5-12)7-8-18/h1-6,9,18-19H,7-8H2,(H,17,20). The second kappa shape index (κ2) is 6.54. The Balaban J connectivity index is 2.13. The molecule has 0 spiro atoms. The molecular formula is C15H14BrNO3. The van der Waals surface area contributed by atoms with Gasteiger partial charge in [0.15, 0.2) is 0 Å². The van der Waals surface area contributed by atoms with Crippen molar-refractivity contribution in [3.8, 4) is 5.75 Å². The first-order valence-corrected chi connectivity index (χ1v) is 6.89. The average Bonchev–Trinajstić information content (AvgIpc) is 2.44. The van der Waals surface area contributed by atoms with Crippen LogP contribution in [-0.2, 0) is 6.42 Å². The van der Waals surface area contributed by atoms with Gasteiger partial charge in [0.25, 0.3) is 5.91 Å².